The van der Waals surface area contributed by atoms with Gasteiger partial charge in [0.1, 0.15) is 0 Å². The summed E-state index contributed by atoms with van der Waals surface area (Å²) in [5.41, 5.74) is 6.91. The van der Waals surface area contributed by atoms with Crippen molar-refractivity contribution in [2.45, 2.75) is 6.92 Å². The van der Waals surface area contributed by atoms with Crippen molar-refractivity contribution in [3.63, 3.8) is 0 Å². The Kier molecular flexibility index (Phi) is 3.32. The number of aryl methyl sites for hydroxylation is 1. The van der Waals surface area contributed by atoms with E-state index in [4.69, 9.17) is 15.2 Å². The molecule has 0 fully saturated rings. The third kappa shape index (κ3) is 2.51. The highest BCUT2D eigenvalue weighted by Crippen LogP contribution is 2.29. The lowest BCUT2D eigenvalue weighted by atomic mass is 10.2. The number of halogens is 1. The van der Waals surface area contributed by atoms with Crippen molar-refractivity contribution in [1.29, 1.82) is 0 Å². The Morgan fingerprint density at radius 3 is 2.72 bits per heavy atom. The number of methoxy groups -OCH3 is 1. The maximum Gasteiger partial charge on any atom is 0.246 e. The number of hydrogen-bond donors (Lipinski definition) is 1. The number of pyridine rings is 1. The van der Waals surface area contributed by atoms with Crippen molar-refractivity contribution in [2.24, 2.45) is 0 Å². The zero-order valence-corrected chi connectivity index (χ0v) is 10.1. The molecule has 2 N–H and O–H groups in total. The van der Waals surface area contributed by atoms with E-state index in [0.717, 1.165) is 5.56 Å². The number of aromatic nitrogens is 1. The highest BCUT2D eigenvalue weighted by atomic mass is 19.1. The Balaban J connectivity index is 2.36. The fourth-order valence-electron chi connectivity index (χ4n) is 1.42. The summed E-state index contributed by atoms with van der Waals surface area (Å²) < 4.78 is 23.9. The van der Waals surface area contributed by atoms with Crippen LogP contribution in [0.4, 0.5) is 10.1 Å². The minimum absolute atomic E-state index is 0.0856. The van der Waals surface area contributed by atoms with Gasteiger partial charge in [0.05, 0.1) is 12.8 Å². The largest absolute Gasteiger partial charge is 0.481 e. The molecular weight excluding hydrogens is 235 g/mol. The van der Waals surface area contributed by atoms with Crippen LogP contribution in [-0.2, 0) is 0 Å². The Morgan fingerprint density at radius 2 is 2.00 bits per heavy atom. The Hall–Kier alpha value is -2.30. The van der Waals surface area contributed by atoms with Crippen LogP contribution in [0.3, 0.4) is 0 Å². The molecule has 1 heterocycles. The molecule has 0 aliphatic rings. The average Bonchev–Trinajstić information content (AvgIpc) is 2.36. The van der Waals surface area contributed by atoms with Gasteiger partial charge in [0.15, 0.2) is 11.6 Å². The monoisotopic (exact) mass is 248 g/mol. The Bertz CT molecular complexity index is 573. The highest BCUT2D eigenvalue weighted by Gasteiger charge is 2.10. The van der Waals surface area contributed by atoms with E-state index in [1.165, 1.54) is 13.2 Å². The van der Waals surface area contributed by atoms with Gasteiger partial charge in [-0.3, -0.25) is 0 Å². The molecule has 4 nitrogen and oxygen atoms in total. The van der Waals surface area contributed by atoms with Crippen LogP contribution >= 0.6 is 0 Å². The van der Waals surface area contributed by atoms with Crippen LogP contribution in [0.2, 0.25) is 0 Å². The van der Waals surface area contributed by atoms with E-state index in [-0.39, 0.29) is 11.6 Å². The predicted octanol–water partition coefficient (Wildman–Crippen LogP) is 2.91. The molecular formula is C13H13FN2O2. The summed E-state index contributed by atoms with van der Waals surface area (Å²) in [6.45, 7) is 1.84. The van der Waals surface area contributed by atoms with Crippen molar-refractivity contribution in [2.75, 3.05) is 12.8 Å². The number of rotatable bonds is 3. The normalized spacial score (nSPS) is 10.2. The SMILES string of the molecule is COc1ccc(N)c(Oc2cc(C)ccc2F)n1. The molecule has 0 radical (unpaired) electrons. The molecule has 2 aromatic rings. The van der Waals surface area contributed by atoms with E-state index in [2.05, 4.69) is 4.98 Å². The van der Waals surface area contributed by atoms with Crippen molar-refractivity contribution in [1.82, 2.24) is 4.98 Å². The summed E-state index contributed by atoms with van der Waals surface area (Å²) in [4.78, 5) is 4.02. The van der Waals surface area contributed by atoms with Crippen LogP contribution in [0.15, 0.2) is 30.3 Å². The van der Waals surface area contributed by atoms with Crippen LogP contribution in [0.5, 0.6) is 17.5 Å². The number of anilines is 1. The summed E-state index contributed by atoms with van der Waals surface area (Å²) >= 11 is 0. The first-order valence-corrected chi connectivity index (χ1v) is 5.34. The van der Waals surface area contributed by atoms with E-state index in [1.807, 2.05) is 6.92 Å². The fraction of sp³-hybridized carbons (Fsp3) is 0.154. The molecule has 0 spiro atoms. The van der Waals surface area contributed by atoms with Gasteiger partial charge < -0.3 is 15.2 Å². The molecule has 1 aromatic carbocycles. The first kappa shape index (κ1) is 12.2. The zero-order valence-electron chi connectivity index (χ0n) is 10.1. The van der Waals surface area contributed by atoms with E-state index in [0.29, 0.717) is 11.6 Å². The maximum atomic E-state index is 13.5. The summed E-state index contributed by atoms with van der Waals surface area (Å²) in [6.07, 6.45) is 0. The van der Waals surface area contributed by atoms with Crippen LogP contribution in [0, 0.1) is 12.7 Å². The molecule has 0 bridgehead atoms. The number of nitrogen functional groups attached to an aromatic ring is 1. The topological polar surface area (TPSA) is 57.4 Å². The van der Waals surface area contributed by atoms with Gasteiger partial charge in [-0.15, -0.1) is 0 Å². The lowest BCUT2D eigenvalue weighted by molar-refractivity contribution is 0.379. The van der Waals surface area contributed by atoms with Crippen molar-refractivity contribution in [3.8, 4) is 17.5 Å². The molecule has 1 aromatic heterocycles. The van der Waals surface area contributed by atoms with E-state index in [9.17, 15) is 4.39 Å². The Labute approximate surface area is 104 Å². The van der Waals surface area contributed by atoms with E-state index in [1.54, 1.807) is 24.3 Å². The lowest BCUT2D eigenvalue weighted by Crippen LogP contribution is -1.98. The van der Waals surface area contributed by atoms with Crippen LogP contribution in [-0.4, -0.2) is 12.1 Å². The summed E-state index contributed by atoms with van der Waals surface area (Å²) in [7, 11) is 1.48. The smallest absolute Gasteiger partial charge is 0.246 e. The Morgan fingerprint density at radius 1 is 1.22 bits per heavy atom. The second-order valence-corrected chi connectivity index (χ2v) is 3.78. The first-order chi connectivity index (χ1) is 8.60. The van der Waals surface area contributed by atoms with Crippen molar-refractivity contribution in [3.05, 3.63) is 41.7 Å². The minimum atomic E-state index is -0.468. The van der Waals surface area contributed by atoms with Gasteiger partial charge in [-0.1, -0.05) is 6.07 Å². The molecule has 0 unspecified atom stereocenters. The minimum Gasteiger partial charge on any atom is -0.481 e. The van der Waals surface area contributed by atoms with Gasteiger partial charge in [0, 0.05) is 6.07 Å². The second kappa shape index (κ2) is 4.91. The highest BCUT2D eigenvalue weighted by molar-refractivity contribution is 5.51. The van der Waals surface area contributed by atoms with Crippen LogP contribution in [0.25, 0.3) is 0 Å². The molecule has 0 aliphatic carbocycles. The van der Waals surface area contributed by atoms with Gasteiger partial charge >= 0.3 is 0 Å². The standard InChI is InChI=1S/C13H13FN2O2/c1-8-3-4-9(14)11(7-8)18-13-10(15)5-6-12(16-13)17-2/h3-7H,15H2,1-2H3. The number of hydrogen-bond acceptors (Lipinski definition) is 4. The average molecular weight is 248 g/mol. The molecule has 0 aliphatic heterocycles. The van der Waals surface area contributed by atoms with Gasteiger partial charge in [0.2, 0.25) is 11.8 Å². The molecule has 0 saturated heterocycles. The lowest BCUT2D eigenvalue weighted by Gasteiger charge is -2.09. The molecule has 0 saturated carbocycles. The van der Waals surface area contributed by atoms with E-state index >= 15 is 0 Å². The molecule has 0 atom stereocenters. The van der Waals surface area contributed by atoms with Crippen molar-refractivity contribution < 1.29 is 13.9 Å². The summed E-state index contributed by atoms with van der Waals surface area (Å²) in [5.74, 6) is 0.0955. The summed E-state index contributed by atoms with van der Waals surface area (Å²) in [5, 5.41) is 0. The predicted molar refractivity (Wildman–Crippen MR) is 66.4 cm³/mol. The zero-order chi connectivity index (χ0) is 13.1. The first-order valence-electron chi connectivity index (χ1n) is 5.34. The number of benzene rings is 1. The molecule has 0 amide bonds. The van der Waals surface area contributed by atoms with Gasteiger partial charge in [0.25, 0.3) is 0 Å². The molecule has 18 heavy (non-hydrogen) atoms. The van der Waals surface area contributed by atoms with Gasteiger partial charge in [-0.25, -0.2) is 4.39 Å². The quantitative estimate of drug-likeness (QED) is 0.907. The van der Waals surface area contributed by atoms with Crippen LogP contribution < -0.4 is 15.2 Å². The number of nitrogens with two attached hydrogens (primary N) is 1. The third-order valence-corrected chi connectivity index (χ3v) is 2.37. The number of ether oxygens (including phenoxy) is 2. The second-order valence-electron chi connectivity index (χ2n) is 3.78. The number of nitrogens with zero attached hydrogens (tertiary/aromatic N) is 1. The molecule has 94 valence electrons. The molecule has 2 rings (SSSR count). The van der Waals surface area contributed by atoms with Gasteiger partial charge in [-0.2, -0.15) is 4.98 Å². The van der Waals surface area contributed by atoms with Crippen molar-refractivity contribution >= 4 is 5.69 Å². The van der Waals surface area contributed by atoms with Gasteiger partial charge in [-0.05, 0) is 30.7 Å². The third-order valence-electron chi connectivity index (χ3n) is 2.37. The summed E-state index contributed by atoms with van der Waals surface area (Å²) in [6, 6.07) is 7.77. The van der Waals surface area contributed by atoms with Crippen LogP contribution in [0.1, 0.15) is 5.56 Å². The van der Waals surface area contributed by atoms with E-state index < -0.39 is 5.82 Å². The molecule has 5 heteroatoms. The maximum absolute atomic E-state index is 13.5. The fourth-order valence-corrected chi connectivity index (χ4v) is 1.42.